The molecule has 1 unspecified atom stereocenters. The minimum Gasteiger partial charge on any atom is -0.435 e. The van der Waals surface area contributed by atoms with Crippen LogP contribution in [0.4, 0.5) is 8.78 Å². The normalized spacial score (nSPS) is 13.3. The SMILES string of the molecule is CC.CC(=N)c1cnc(C(C=N)=C(C)C)cc1C.CC/C=C\C(C)CC.CCCc1cc(SC2CCOCC2)ccc1OC(F)F. The molecule has 2 N–H and O–H groups in total. The fourth-order valence-corrected chi connectivity index (χ4v) is 5.54. The van der Waals surface area contributed by atoms with Crippen LogP contribution in [0.1, 0.15) is 117 Å². The smallest absolute Gasteiger partial charge is 0.387 e. The minimum absolute atomic E-state index is 0.304. The Kier molecular flexibility index (Phi) is 23.7. The van der Waals surface area contributed by atoms with Crippen molar-refractivity contribution in [3.63, 3.8) is 0 Å². The van der Waals surface area contributed by atoms with E-state index < -0.39 is 6.61 Å². The average molecular weight is 660 g/mol. The molecule has 0 saturated carbocycles. The number of hydrogen-bond donors (Lipinski definition) is 2. The van der Waals surface area contributed by atoms with Crippen LogP contribution in [0, 0.1) is 23.7 Å². The number of nitrogens with one attached hydrogen (secondary N) is 2. The maximum Gasteiger partial charge on any atom is 0.387 e. The van der Waals surface area contributed by atoms with Crippen LogP contribution in [0.2, 0.25) is 0 Å². The molecule has 2 heterocycles. The second-order valence-electron chi connectivity index (χ2n) is 11.1. The van der Waals surface area contributed by atoms with Crippen LogP contribution >= 0.6 is 11.8 Å². The van der Waals surface area contributed by atoms with E-state index in [1.165, 1.54) is 19.1 Å². The van der Waals surface area contributed by atoms with Crippen molar-refractivity contribution in [2.75, 3.05) is 13.2 Å². The summed E-state index contributed by atoms with van der Waals surface area (Å²) in [6, 6.07) is 7.46. The van der Waals surface area contributed by atoms with Crippen LogP contribution in [0.3, 0.4) is 0 Å². The Bertz CT molecular complexity index is 1220. The summed E-state index contributed by atoms with van der Waals surface area (Å²) >= 11 is 1.81. The zero-order chi connectivity index (χ0) is 35.1. The van der Waals surface area contributed by atoms with Crippen LogP contribution in [0.15, 0.2) is 53.1 Å². The predicted molar refractivity (Wildman–Crippen MR) is 196 cm³/mol. The first kappa shape index (κ1) is 43.2. The fourth-order valence-electron chi connectivity index (χ4n) is 4.37. The van der Waals surface area contributed by atoms with Crippen LogP contribution in [-0.4, -0.2) is 42.0 Å². The van der Waals surface area contributed by atoms with Gasteiger partial charge in [0.15, 0.2) is 0 Å². The molecule has 1 aliphatic rings. The molecular formula is C38H59F2N3O2S. The van der Waals surface area contributed by atoms with E-state index in [4.69, 9.17) is 15.6 Å². The third-order valence-electron chi connectivity index (χ3n) is 7.06. The van der Waals surface area contributed by atoms with Gasteiger partial charge in [-0.05, 0) is 94.7 Å². The quantitative estimate of drug-likeness (QED) is 0.175. The van der Waals surface area contributed by atoms with E-state index in [1.54, 1.807) is 19.2 Å². The molecule has 1 aromatic carbocycles. The molecule has 1 fully saturated rings. The number of aryl methyl sites for hydroxylation is 2. The first-order valence-corrected chi connectivity index (χ1v) is 17.5. The number of halogens is 2. The third-order valence-corrected chi connectivity index (χ3v) is 8.39. The summed E-state index contributed by atoms with van der Waals surface area (Å²) in [5.41, 5.74) is 5.99. The number of alkyl halides is 2. The van der Waals surface area contributed by atoms with E-state index in [-0.39, 0.29) is 0 Å². The number of allylic oxidation sites excluding steroid dienone is 4. The number of nitrogens with zero attached hydrogens (tertiary/aromatic N) is 1. The van der Waals surface area contributed by atoms with Gasteiger partial charge >= 0.3 is 6.61 Å². The lowest BCUT2D eigenvalue weighted by atomic mass is 10.0. The van der Waals surface area contributed by atoms with Gasteiger partial charge in [0.05, 0.1) is 5.69 Å². The second kappa shape index (κ2) is 25.3. The molecule has 1 atom stereocenters. The topological polar surface area (TPSA) is 79.1 Å². The molecule has 8 heteroatoms. The van der Waals surface area contributed by atoms with Crippen LogP contribution in [0.5, 0.6) is 5.75 Å². The maximum absolute atomic E-state index is 12.4. The first-order chi connectivity index (χ1) is 22.0. The molecule has 0 spiro atoms. The van der Waals surface area contributed by atoms with Gasteiger partial charge in [-0.3, -0.25) is 4.98 Å². The molecule has 0 aliphatic carbocycles. The van der Waals surface area contributed by atoms with E-state index in [0.717, 1.165) is 83.2 Å². The van der Waals surface area contributed by atoms with Crippen LogP contribution < -0.4 is 4.74 Å². The van der Waals surface area contributed by atoms with Crippen molar-refractivity contribution in [3.05, 3.63) is 70.6 Å². The van der Waals surface area contributed by atoms with Gasteiger partial charge in [-0.2, -0.15) is 8.78 Å². The number of aromatic nitrogens is 1. The highest BCUT2D eigenvalue weighted by Crippen LogP contribution is 2.33. The number of pyridine rings is 1. The largest absolute Gasteiger partial charge is 0.435 e. The van der Waals surface area contributed by atoms with E-state index in [1.807, 2.05) is 71.5 Å². The van der Waals surface area contributed by atoms with Gasteiger partial charge in [0, 0.05) is 52.6 Å². The van der Waals surface area contributed by atoms with Crippen molar-refractivity contribution in [1.29, 1.82) is 10.8 Å². The lowest BCUT2D eigenvalue weighted by Crippen LogP contribution is -2.17. The Morgan fingerprint density at radius 3 is 2.24 bits per heavy atom. The number of ether oxygens (including phenoxy) is 2. The first-order valence-electron chi connectivity index (χ1n) is 16.7. The van der Waals surface area contributed by atoms with E-state index >= 15 is 0 Å². The number of benzene rings is 1. The summed E-state index contributed by atoms with van der Waals surface area (Å²) in [4.78, 5) is 5.43. The van der Waals surface area contributed by atoms with Gasteiger partial charge in [-0.25, -0.2) is 0 Å². The highest BCUT2D eigenvalue weighted by Gasteiger charge is 2.17. The number of rotatable bonds is 12. The summed E-state index contributed by atoms with van der Waals surface area (Å²) in [7, 11) is 0. The van der Waals surface area contributed by atoms with Crippen LogP contribution in [0.25, 0.3) is 5.57 Å². The lowest BCUT2D eigenvalue weighted by Gasteiger charge is -2.22. The average Bonchev–Trinajstić information content (AvgIpc) is 3.03. The zero-order valence-electron chi connectivity index (χ0n) is 29.9. The standard InChI is InChI=1S/C15H20F2O2S.C13H17N3.C8H16.C2H6/c1-2-3-11-10-13(4-5-14(11)19-15(16)17)20-12-6-8-18-9-7-12;1-8(2)11(6-14)13-5-9(3)12(7-16-13)10(4)15;1-4-6-7-8(3)5-2;1-2/h4-5,10,12,15H,2-3,6-9H2,1H3;5-7,14-15H,1-4H3;6-8H,4-5H2,1-3H3;1-2H3/b;;7-6-;. The second-order valence-corrected chi connectivity index (χ2v) is 12.5. The zero-order valence-corrected chi connectivity index (χ0v) is 30.8. The molecule has 0 amide bonds. The number of hydrogen-bond acceptors (Lipinski definition) is 6. The highest BCUT2D eigenvalue weighted by atomic mass is 32.2. The molecular weight excluding hydrogens is 601 g/mol. The van der Waals surface area contributed by atoms with Gasteiger partial charge in [-0.1, -0.05) is 72.1 Å². The van der Waals surface area contributed by atoms with Crippen molar-refractivity contribution in [1.82, 2.24) is 4.98 Å². The monoisotopic (exact) mass is 659 g/mol. The van der Waals surface area contributed by atoms with Gasteiger partial charge in [-0.15, -0.1) is 11.8 Å². The third kappa shape index (κ3) is 17.2. The summed E-state index contributed by atoms with van der Waals surface area (Å²) in [5.74, 6) is 1.08. The summed E-state index contributed by atoms with van der Waals surface area (Å²) in [6.07, 6.45) is 13.7. The van der Waals surface area contributed by atoms with Gasteiger partial charge in [0.2, 0.25) is 0 Å². The molecule has 3 rings (SSSR count). The Morgan fingerprint density at radius 2 is 1.76 bits per heavy atom. The Morgan fingerprint density at radius 1 is 1.11 bits per heavy atom. The van der Waals surface area contributed by atoms with Gasteiger partial charge < -0.3 is 20.3 Å². The lowest BCUT2D eigenvalue weighted by molar-refractivity contribution is -0.0504. The molecule has 5 nitrogen and oxygen atoms in total. The number of thioether (sulfide) groups is 1. The summed E-state index contributed by atoms with van der Waals surface area (Å²) < 4.78 is 34.7. The highest BCUT2D eigenvalue weighted by molar-refractivity contribution is 8.00. The Balaban J connectivity index is 0.000000697. The molecule has 1 aliphatic heterocycles. The summed E-state index contributed by atoms with van der Waals surface area (Å²) in [6.45, 7) is 19.2. The molecule has 1 saturated heterocycles. The van der Waals surface area contributed by atoms with E-state index in [9.17, 15) is 8.78 Å². The van der Waals surface area contributed by atoms with E-state index in [2.05, 4.69) is 42.6 Å². The Hall–Kier alpha value is -2.84. The molecule has 2 aromatic rings. The van der Waals surface area contributed by atoms with E-state index in [0.29, 0.717) is 16.7 Å². The van der Waals surface area contributed by atoms with Gasteiger partial charge in [0.25, 0.3) is 0 Å². The van der Waals surface area contributed by atoms with Crippen LogP contribution in [-0.2, 0) is 11.2 Å². The molecule has 46 heavy (non-hydrogen) atoms. The molecule has 0 bridgehead atoms. The van der Waals surface area contributed by atoms with Crippen molar-refractivity contribution in [2.24, 2.45) is 5.92 Å². The minimum atomic E-state index is -2.76. The van der Waals surface area contributed by atoms with Crippen molar-refractivity contribution < 1.29 is 18.3 Å². The Labute approximate surface area is 282 Å². The molecule has 0 radical (unpaired) electrons. The summed E-state index contributed by atoms with van der Waals surface area (Å²) in [5, 5.41) is 15.5. The molecule has 1 aromatic heterocycles. The maximum atomic E-state index is 12.4. The van der Waals surface area contributed by atoms with Crippen molar-refractivity contribution in [2.45, 2.75) is 125 Å². The van der Waals surface area contributed by atoms with Gasteiger partial charge in [0.1, 0.15) is 5.75 Å². The predicted octanol–water partition coefficient (Wildman–Crippen LogP) is 11.8. The van der Waals surface area contributed by atoms with Crippen molar-refractivity contribution >= 4 is 29.3 Å². The fraction of sp³-hybridized carbons (Fsp3) is 0.553. The van der Waals surface area contributed by atoms with Crippen molar-refractivity contribution in [3.8, 4) is 5.75 Å². The molecule has 258 valence electrons.